The quantitative estimate of drug-likeness (QED) is 0.220. The second-order valence-corrected chi connectivity index (χ2v) is 10.2. The molecule has 43 heavy (non-hydrogen) atoms. The van der Waals surface area contributed by atoms with Crippen molar-refractivity contribution in [2.24, 2.45) is 0 Å². The Morgan fingerprint density at radius 2 is 1.58 bits per heavy atom. The van der Waals surface area contributed by atoms with Crippen LogP contribution in [-0.4, -0.2) is 27.9 Å². The SMILES string of the molecule is O=C(Nc1nc2cc(-c3ccc(OC(F)(F)F)cc3)ccc2c(=O)n1CC1CC[C@@H](c2ccccc2)O1)c1ccccc1. The summed E-state index contributed by atoms with van der Waals surface area (Å²) in [5.74, 6) is -0.691. The van der Waals surface area contributed by atoms with Crippen LogP contribution in [0.3, 0.4) is 0 Å². The van der Waals surface area contributed by atoms with Crippen molar-refractivity contribution < 1.29 is 27.4 Å². The summed E-state index contributed by atoms with van der Waals surface area (Å²) < 4.78 is 49.4. The van der Waals surface area contributed by atoms with Crippen molar-refractivity contribution in [3.8, 4) is 16.9 Å². The second-order valence-electron chi connectivity index (χ2n) is 10.2. The lowest BCUT2D eigenvalue weighted by atomic mass is 10.0. The highest BCUT2D eigenvalue weighted by Gasteiger charge is 2.31. The number of aromatic nitrogens is 2. The van der Waals surface area contributed by atoms with Gasteiger partial charge in [0.25, 0.3) is 11.5 Å². The molecule has 1 aliphatic heterocycles. The largest absolute Gasteiger partial charge is 0.573 e. The van der Waals surface area contributed by atoms with E-state index < -0.39 is 12.3 Å². The van der Waals surface area contributed by atoms with Crippen LogP contribution in [0.15, 0.2) is 108 Å². The zero-order valence-electron chi connectivity index (χ0n) is 22.8. The molecule has 218 valence electrons. The first-order valence-electron chi connectivity index (χ1n) is 13.7. The zero-order valence-corrected chi connectivity index (χ0v) is 22.8. The first-order chi connectivity index (χ1) is 20.7. The highest BCUT2D eigenvalue weighted by molar-refractivity contribution is 6.03. The number of nitrogens with zero attached hydrogens (tertiary/aromatic N) is 2. The predicted molar refractivity (Wildman–Crippen MR) is 156 cm³/mol. The van der Waals surface area contributed by atoms with Crippen LogP contribution in [0, 0.1) is 0 Å². The number of halogens is 3. The Morgan fingerprint density at radius 1 is 0.907 bits per heavy atom. The Kier molecular flexibility index (Phi) is 7.69. The van der Waals surface area contributed by atoms with E-state index in [1.807, 2.05) is 30.3 Å². The van der Waals surface area contributed by atoms with E-state index in [1.165, 1.54) is 28.8 Å². The molecule has 0 aliphatic carbocycles. The third-order valence-corrected chi connectivity index (χ3v) is 7.30. The minimum atomic E-state index is -4.79. The molecule has 10 heteroatoms. The lowest BCUT2D eigenvalue weighted by molar-refractivity contribution is -0.274. The van der Waals surface area contributed by atoms with E-state index in [2.05, 4.69) is 15.0 Å². The Balaban J connectivity index is 1.34. The van der Waals surface area contributed by atoms with Gasteiger partial charge in [-0.1, -0.05) is 66.7 Å². The van der Waals surface area contributed by atoms with E-state index in [0.29, 0.717) is 27.6 Å². The van der Waals surface area contributed by atoms with E-state index in [1.54, 1.807) is 48.5 Å². The maximum atomic E-state index is 13.8. The van der Waals surface area contributed by atoms with Crippen molar-refractivity contribution in [1.29, 1.82) is 0 Å². The Morgan fingerprint density at radius 3 is 2.28 bits per heavy atom. The fourth-order valence-electron chi connectivity index (χ4n) is 5.23. The summed E-state index contributed by atoms with van der Waals surface area (Å²) in [6.07, 6.45) is -3.63. The fraction of sp³-hybridized carbons (Fsp3) is 0.182. The molecule has 0 spiro atoms. The van der Waals surface area contributed by atoms with Gasteiger partial charge in [-0.3, -0.25) is 19.5 Å². The predicted octanol–water partition coefficient (Wildman–Crippen LogP) is 7.13. The fourth-order valence-corrected chi connectivity index (χ4v) is 5.23. The summed E-state index contributed by atoms with van der Waals surface area (Å²) in [7, 11) is 0. The molecule has 2 atom stereocenters. The van der Waals surface area contributed by atoms with Gasteiger partial charge in [-0.05, 0) is 65.9 Å². The molecule has 5 aromatic rings. The number of carbonyl (C=O) groups is 1. The van der Waals surface area contributed by atoms with Gasteiger partial charge in [-0.2, -0.15) is 0 Å². The van der Waals surface area contributed by atoms with E-state index in [-0.39, 0.29) is 36.0 Å². The molecule has 1 saturated heterocycles. The molecular formula is C33H26F3N3O4. The van der Waals surface area contributed by atoms with Crippen LogP contribution in [0.2, 0.25) is 0 Å². The smallest absolute Gasteiger partial charge is 0.406 e. The Bertz CT molecular complexity index is 1810. The molecule has 1 fully saturated rings. The van der Waals surface area contributed by atoms with Crippen LogP contribution >= 0.6 is 0 Å². The van der Waals surface area contributed by atoms with Crippen LogP contribution in [0.5, 0.6) is 5.75 Å². The molecule has 0 saturated carbocycles. The molecule has 0 bridgehead atoms. The number of fused-ring (bicyclic) bond motifs is 1. The van der Waals surface area contributed by atoms with Crippen LogP contribution in [0.1, 0.15) is 34.9 Å². The van der Waals surface area contributed by atoms with Gasteiger partial charge in [0.05, 0.1) is 29.7 Å². The van der Waals surface area contributed by atoms with E-state index >= 15 is 0 Å². The Hall–Kier alpha value is -4.96. The number of hydrogen-bond donors (Lipinski definition) is 1. The molecule has 1 unspecified atom stereocenters. The number of rotatable bonds is 7. The van der Waals surface area contributed by atoms with Gasteiger partial charge in [-0.15, -0.1) is 13.2 Å². The van der Waals surface area contributed by atoms with Gasteiger partial charge in [0, 0.05) is 5.56 Å². The number of ether oxygens (including phenoxy) is 2. The van der Waals surface area contributed by atoms with Gasteiger partial charge >= 0.3 is 6.36 Å². The van der Waals surface area contributed by atoms with Crippen molar-refractivity contribution in [2.45, 2.75) is 38.0 Å². The molecule has 7 nitrogen and oxygen atoms in total. The number of benzene rings is 4. The standard InChI is InChI=1S/C33H26F3N3O4/c34-33(35,36)43-25-14-11-21(12-15-25)24-13-17-27-28(19-24)37-32(38-30(40)23-9-5-2-6-10-23)39(31(27)41)20-26-16-18-29(42-26)22-7-3-1-4-8-22/h1-15,17,19,26,29H,16,18,20H2,(H,37,38,40)/t26?,29-/m0/s1. The summed E-state index contributed by atoms with van der Waals surface area (Å²) in [6.45, 7) is 0.192. The van der Waals surface area contributed by atoms with E-state index in [4.69, 9.17) is 4.74 Å². The molecule has 1 aromatic heterocycles. The van der Waals surface area contributed by atoms with Crippen molar-refractivity contribution in [2.75, 3.05) is 5.32 Å². The van der Waals surface area contributed by atoms with E-state index in [9.17, 15) is 22.8 Å². The lowest BCUT2D eigenvalue weighted by Gasteiger charge is -2.19. The summed E-state index contributed by atoms with van der Waals surface area (Å²) in [6, 6.07) is 28.9. The van der Waals surface area contributed by atoms with Gasteiger partial charge in [0.1, 0.15) is 5.75 Å². The molecule has 0 radical (unpaired) electrons. The minimum absolute atomic E-state index is 0.0733. The molecule has 4 aromatic carbocycles. The van der Waals surface area contributed by atoms with Crippen molar-refractivity contribution in [3.05, 3.63) is 125 Å². The third-order valence-electron chi connectivity index (χ3n) is 7.30. The molecule has 2 heterocycles. The summed E-state index contributed by atoms with van der Waals surface area (Å²) >= 11 is 0. The van der Waals surface area contributed by atoms with Gasteiger partial charge < -0.3 is 9.47 Å². The molecule has 1 amide bonds. The summed E-state index contributed by atoms with van der Waals surface area (Å²) in [4.78, 5) is 31.6. The highest BCUT2D eigenvalue weighted by atomic mass is 19.4. The van der Waals surface area contributed by atoms with Crippen molar-refractivity contribution >= 4 is 22.8 Å². The molecule has 1 aliphatic rings. The van der Waals surface area contributed by atoms with Gasteiger partial charge in [0.15, 0.2) is 0 Å². The van der Waals surface area contributed by atoms with Crippen LogP contribution in [-0.2, 0) is 11.3 Å². The van der Waals surface area contributed by atoms with Crippen molar-refractivity contribution in [3.63, 3.8) is 0 Å². The van der Waals surface area contributed by atoms with Gasteiger partial charge in [0.2, 0.25) is 5.95 Å². The van der Waals surface area contributed by atoms with E-state index in [0.717, 1.165) is 18.4 Å². The topological polar surface area (TPSA) is 82.5 Å². The lowest BCUT2D eigenvalue weighted by Crippen LogP contribution is -2.31. The van der Waals surface area contributed by atoms with Crippen LogP contribution in [0.4, 0.5) is 19.1 Å². The van der Waals surface area contributed by atoms with Gasteiger partial charge in [-0.25, -0.2) is 4.98 Å². The number of alkyl halides is 3. The normalized spacial score (nSPS) is 16.7. The number of anilines is 1. The molecule has 6 rings (SSSR count). The average molecular weight is 586 g/mol. The number of nitrogens with one attached hydrogen (secondary N) is 1. The summed E-state index contributed by atoms with van der Waals surface area (Å²) in [5.41, 5.74) is 2.67. The van der Waals surface area contributed by atoms with Crippen LogP contribution < -0.4 is 15.6 Å². The molecule has 1 N–H and O–H groups in total. The first-order valence-corrected chi connectivity index (χ1v) is 13.7. The van der Waals surface area contributed by atoms with Crippen LogP contribution in [0.25, 0.3) is 22.0 Å². The van der Waals surface area contributed by atoms with Crippen molar-refractivity contribution in [1.82, 2.24) is 9.55 Å². The minimum Gasteiger partial charge on any atom is -0.406 e. The monoisotopic (exact) mass is 585 g/mol. The number of hydrogen-bond acceptors (Lipinski definition) is 5. The Labute approximate surface area is 244 Å². The highest BCUT2D eigenvalue weighted by Crippen LogP contribution is 2.34. The molecular weight excluding hydrogens is 559 g/mol. The maximum Gasteiger partial charge on any atom is 0.573 e. The number of carbonyl (C=O) groups excluding carboxylic acids is 1. The average Bonchev–Trinajstić information content (AvgIpc) is 3.48. The first kappa shape index (κ1) is 28.2. The number of amides is 1. The third kappa shape index (κ3) is 6.44. The maximum absolute atomic E-state index is 13.8. The summed E-state index contributed by atoms with van der Waals surface area (Å²) in [5, 5.41) is 3.13. The zero-order chi connectivity index (χ0) is 30.0. The second kappa shape index (κ2) is 11.7.